The fourth-order valence-corrected chi connectivity index (χ4v) is 2.11. The van der Waals surface area contributed by atoms with Crippen molar-refractivity contribution in [1.29, 1.82) is 0 Å². The molecule has 104 valence electrons. The van der Waals surface area contributed by atoms with Crippen LogP contribution in [-0.2, 0) is 19.1 Å². The molecule has 5 nitrogen and oxygen atoms in total. The Balaban J connectivity index is 2.15. The zero-order valence-corrected chi connectivity index (χ0v) is 11.3. The number of nitrogens with zero attached hydrogens (tertiary/aromatic N) is 1. The van der Waals surface area contributed by atoms with Crippen molar-refractivity contribution < 1.29 is 19.1 Å². The van der Waals surface area contributed by atoms with E-state index in [9.17, 15) is 9.59 Å². The molecule has 0 amide bonds. The molecule has 1 fully saturated rings. The van der Waals surface area contributed by atoms with Crippen molar-refractivity contribution in [2.45, 2.75) is 38.7 Å². The van der Waals surface area contributed by atoms with E-state index in [1.165, 1.54) is 0 Å². The highest BCUT2D eigenvalue weighted by molar-refractivity contribution is 5.84. The molecular formula is C13H23NO4. The Morgan fingerprint density at radius 1 is 1.22 bits per heavy atom. The lowest BCUT2D eigenvalue weighted by Crippen LogP contribution is -2.39. The van der Waals surface area contributed by atoms with Gasteiger partial charge in [0.15, 0.2) is 0 Å². The predicted octanol–water partition coefficient (Wildman–Crippen LogP) is 1.01. The highest BCUT2D eigenvalue weighted by atomic mass is 16.5. The van der Waals surface area contributed by atoms with Gasteiger partial charge in [0.1, 0.15) is 5.78 Å². The second-order valence-electron chi connectivity index (χ2n) is 4.55. The van der Waals surface area contributed by atoms with Gasteiger partial charge < -0.3 is 9.47 Å². The van der Waals surface area contributed by atoms with Gasteiger partial charge in [-0.2, -0.15) is 0 Å². The second kappa shape index (κ2) is 8.21. The summed E-state index contributed by atoms with van der Waals surface area (Å²) in [5.41, 5.74) is 0. The van der Waals surface area contributed by atoms with E-state index >= 15 is 0 Å². The number of hydrogen-bond acceptors (Lipinski definition) is 5. The largest absolute Gasteiger partial charge is 0.466 e. The molecule has 0 atom stereocenters. The molecule has 0 aromatic heterocycles. The number of ketones is 1. The first-order valence-electron chi connectivity index (χ1n) is 6.58. The van der Waals surface area contributed by atoms with Crippen LogP contribution in [0.3, 0.4) is 0 Å². The van der Waals surface area contributed by atoms with E-state index in [0.29, 0.717) is 19.3 Å². The number of hydrogen-bond donors (Lipinski definition) is 0. The fourth-order valence-electron chi connectivity index (χ4n) is 2.11. The van der Waals surface area contributed by atoms with E-state index in [-0.39, 0.29) is 24.6 Å². The first kappa shape index (κ1) is 15.1. The maximum atomic E-state index is 11.7. The molecule has 1 saturated heterocycles. The van der Waals surface area contributed by atoms with Gasteiger partial charge in [-0.05, 0) is 19.8 Å². The smallest absolute Gasteiger partial charge is 0.306 e. The lowest BCUT2D eigenvalue weighted by molar-refractivity contribution is -0.144. The Morgan fingerprint density at radius 3 is 2.44 bits per heavy atom. The average molecular weight is 257 g/mol. The minimum absolute atomic E-state index is 0.110. The van der Waals surface area contributed by atoms with Crippen LogP contribution in [0.25, 0.3) is 0 Å². The van der Waals surface area contributed by atoms with Gasteiger partial charge in [-0.3, -0.25) is 14.5 Å². The number of Topliss-reactive ketones (excluding diaryl/α,β-unsaturated/α-hetero) is 1. The summed E-state index contributed by atoms with van der Waals surface area (Å²) in [5, 5.41) is 0. The molecule has 0 aromatic rings. The number of piperidine rings is 1. The number of esters is 1. The van der Waals surface area contributed by atoms with Crippen LogP contribution in [-0.4, -0.2) is 56.1 Å². The van der Waals surface area contributed by atoms with Gasteiger partial charge in [-0.1, -0.05) is 0 Å². The maximum Gasteiger partial charge on any atom is 0.306 e. The van der Waals surface area contributed by atoms with Crippen LogP contribution in [0, 0.1) is 0 Å². The third kappa shape index (κ3) is 5.60. The monoisotopic (exact) mass is 257 g/mol. The minimum atomic E-state index is -0.288. The van der Waals surface area contributed by atoms with Crippen LogP contribution in [0.15, 0.2) is 0 Å². The number of carbonyl (C=O) groups excluding carboxylic acids is 2. The number of methoxy groups -OCH3 is 1. The van der Waals surface area contributed by atoms with Gasteiger partial charge >= 0.3 is 5.97 Å². The quantitative estimate of drug-likeness (QED) is 0.637. The summed E-state index contributed by atoms with van der Waals surface area (Å²) in [6.07, 6.45) is 2.75. The summed E-state index contributed by atoms with van der Waals surface area (Å²) in [5.74, 6) is -0.178. The zero-order valence-electron chi connectivity index (χ0n) is 11.3. The standard InChI is InChI=1S/C13H23NO4/c1-3-18-13(16)5-4-11(15)10-14-8-6-12(17-2)7-9-14/h12H,3-10H2,1-2H3. The van der Waals surface area contributed by atoms with E-state index < -0.39 is 0 Å². The molecule has 1 heterocycles. The minimum Gasteiger partial charge on any atom is -0.466 e. The van der Waals surface area contributed by atoms with Crippen molar-refractivity contribution in [1.82, 2.24) is 4.90 Å². The first-order valence-corrected chi connectivity index (χ1v) is 6.58. The predicted molar refractivity (Wildman–Crippen MR) is 67.3 cm³/mol. The number of likely N-dealkylation sites (tertiary alicyclic amines) is 1. The highest BCUT2D eigenvalue weighted by Gasteiger charge is 2.20. The number of rotatable bonds is 7. The Labute approximate surface area is 108 Å². The van der Waals surface area contributed by atoms with E-state index in [1.54, 1.807) is 14.0 Å². The van der Waals surface area contributed by atoms with Crippen molar-refractivity contribution in [2.75, 3.05) is 33.4 Å². The summed E-state index contributed by atoms with van der Waals surface area (Å²) >= 11 is 0. The molecule has 1 rings (SSSR count). The lowest BCUT2D eigenvalue weighted by Gasteiger charge is -2.30. The summed E-state index contributed by atoms with van der Waals surface area (Å²) in [6.45, 7) is 4.36. The molecule has 0 aromatic carbocycles. The Kier molecular flexibility index (Phi) is 6.90. The van der Waals surface area contributed by atoms with Gasteiger partial charge in [-0.15, -0.1) is 0 Å². The van der Waals surface area contributed by atoms with Gasteiger partial charge in [-0.25, -0.2) is 0 Å². The third-order valence-corrected chi connectivity index (χ3v) is 3.18. The van der Waals surface area contributed by atoms with Gasteiger partial charge in [0.2, 0.25) is 0 Å². The number of carbonyl (C=O) groups is 2. The normalized spacial score (nSPS) is 17.7. The van der Waals surface area contributed by atoms with Crippen molar-refractivity contribution >= 4 is 11.8 Å². The molecule has 1 aliphatic heterocycles. The number of ether oxygens (including phenoxy) is 2. The summed E-state index contributed by atoms with van der Waals surface area (Å²) in [7, 11) is 1.73. The molecule has 0 aliphatic carbocycles. The molecule has 0 saturated carbocycles. The molecule has 5 heteroatoms. The molecular weight excluding hydrogens is 234 g/mol. The van der Waals surface area contributed by atoms with Gasteiger partial charge in [0.25, 0.3) is 0 Å². The molecule has 1 aliphatic rings. The summed E-state index contributed by atoms with van der Waals surface area (Å²) in [6, 6.07) is 0. The Morgan fingerprint density at radius 2 is 1.89 bits per heavy atom. The van der Waals surface area contributed by atoms with Crippen LogP contribution < -0.4 is 0 Å². The molecule has 0 bridgehead atoms. The molecule has 0 spiro atoms. The van der Waals surface area contributed by atoms with E-state index in [1.807, 2.05) is 0 Å². The average Bonchev–Trinajstić information content (AvgIpc) is 2.38. The SMILES string of the molecule is CCOC(=O)CCC(=O)CN1CCC(OC)CC1. The van der Waals surface area contributed by atoms with Crippen LogP contribution in [0.4, 0.5) is 0 Å². The molecule has 18 heavy (non-hydrogen) atoms. The van der Waals surface area contributed by atoms with Gasteiger partial charge in [0, 0.05) is 26.6 Å². The van der Waals surface area contributed by atoms with Crippen LogP contribution in [0.1, 0.15) is 32.6 Å². The zero-order chi connectivity index (χ0) is 13.4. The third-order valence-electron chi connectivity index (χ3n) is 3.18. The van der Waals surface area contributed by atoms with Crippen molar-refractivity contribution in [3.63, 3.8) is 0 Å². The van der Waals surface area contributed by atoms with E-state index in [2.05, 4.69) is 4.90 Å². The van der Waals surface area contributed by atoms with Crippen LogP contribution in [0.2, 0.25) is 0 Å². The highest BCUT2D eigenvalue weighted by Crippen LogP contribution is 2.12. The summed E-state index contributed by atoms with van der Waals surface area (Å²) in [4.78, 5) is 24.9. The maximum absolute atomic E-state index is 11.7. The Hall–Kier alpha value is -0.940. The van der Waals surface area contributed by atoms with Crippen molar-refractivity contribution in [3.8, 4) is 0 Å². The first-order chi connectivity index (χ1) is 8.65. The summed E-state index contributed by atoms with van der Waals surface area (Å²) < 4.78 is 10.1. The van der Waals surface area contributed by atoms with Crippen LogP contribution in [0.5, 0.6) is 0 Å². The van der Waals surface area contributed by atoms with E-state index in [4.69, 9.17) is 9.47 Å². The fraction of sp³-hybridized carbons (Fsp3) is 0.846. The molecule has 0 N–H and O–H groups in total. The molecule has 0 unspecified atom stereocenters. The molecule has 0 radical (unpaired) electrons. The van der Waals surface area contributed by atoms with Gasteiger partial charge in [0.05, 0.1) is 25.7 Å². The van der Waals surface area contributed by atoms with Crippen molar-refractivity contribution in [3.05, 3.63) is 0 Å². The second-order valence-corrected chi connectivity index (χ2v) is 4.55. The van der Waals surface area contributed by atoms with E-state index in [0.717, 1.165) is 25.9 Å². The van der Waals surface area contributed by atoms with Crippen molar-refractivity contribution in [2.24, 2.45) is 0 Å². The topological polar surface area (TPSA) is 55.8 Å². The van der Waals surface area contributed by atoms with Crippen LogP contribution >= 0.6 is 0 Å². The lowest BCUT2D eigenvalue weighted by atomic mass is 10.1. The Bertz CT molecular complexity index is 272.